The zero-order valence-electron chi connectivity index (χ0n) is 17.1. The van der Waals surface area contributed by atoms with E-state index in [0.29, 0.717) is 11.5 Å². The molecule has 1 aromatic carbocycles. The monoisotopic (exact) mass is 406 g/mol. The summed E-state index contributed by atoms with van der Waals surface area (Å²) in [5.41, 5.74) is 2.25. The third-order valence-electron chi connectivity index (χ3n) is 6.07. The van der Waals surface area contributed by atoms with E-state index in [4.69, 9.17) is 4.42 Å². The van der Waals surface area contributed by atoms with Gasteiger partial charge in [-0.25, -0.2) is 4.98 Å². The fourth-order valence-electron chi connectivity index (χ4n) is 4.37. The number of carbonyl (C=O) groups excluding carboxylic acids is 1. The Morgan fingerprint density at radius 3 is 2.87 bits per heavy atom. The van der Waals surface area contributed by atoms with Gasteiger partial charge in [0, 0.05) is 55.0 Å². The second-order valence-electron chi connectivity index (χ2n) is 8.01. The zero-order chi connectivity index (χ0) is 20.5. The normalized spacial score (nSPS) is 20.0. The largest absolute Gasteiger partial charge is 0.446 e. The van der Waals surface area contributed by atoms with Crippen LogP contribution >= 0.6 is 0 Å². The lowest BCUT2D eigenvalue weighted by molar-refractivity contribution is 0.102. The van der Waals surface area contributed by atoms with E-state index < -0.39 is 0 Å². The lowest BCUT2D eigenvalue weighted by Gasteiger charge is -2.34. The van der Waals surface area contributed by atoms with Crippen LogP contribution in [0.3, 0.4) is 0 Å². The molecule has 1 unspecified atom stereocenters. The number of aromatic nitrogens is 2. The van der Waals surface area contributed by atoms with Crippen molar-refractivity contribution >= 4 is 28.1 Å². The standard InChI is InChI=1S/C22H26N6O2/c1-27-9-11-28(12-10-27)19-5-4-17(16-13-23-8-6-15(16)19)26-22(29)20-21(30-14-25-20)18-3-2-7-24-18/h4-6,8,13-14,18,24H,2-3,7,9-12H2,1H3,(H,26,29). The summed E-state index contributed by atoms with van der Waals surface area (Å²) in [5.74, 6) is 0.353. The molecule has 4 heterocycles. The van der Waals surface area contributed by atoms with Crippen LogP contribution in [0.25, 0.3) is 10.8 Å². The molecule has 8 nitrogen and oxygen atoms in total. The Hall–Kier alpha value is -2.97. The third-order valence-corrected chi connectivity index (χ3v) is 6.07. The molecule has 0 saturated carbocycles. The van der Waals surface area contributed by atoms with E-state index in [-0.39, 0.29) is 11.9 Å². The van der Waals surface area contributed by atoms with Gasteiger partial charge in [-0.1, -0.05) is 0 Å². The number of oxazole rings is 1. The molecular weight excluding hydrogens is 380 g/mol. The molecular formula is C22H26N6O2. The number of hydrogen-bond donors (Lipinski definition) is 2. The lowest BCUT2D eigenvalue weighted by atomic mass is 10.1. The Labute approximate surface area is 175 Å². The molecule has 0 spiro atoms. The first-order valence-electron chi connectivity index (χ1n) is 10.5. The summed E-state index contributed by atoms with van der Waals surface area (Å²) in [5, 5.41) is 8.41. The van der Waals surface area contributed by atoms with Crippen LogP contribution in [0.15, 0.2) is 41.4 Å². The van der Waals surface area contributed by atoms with E-state index in [9.17, 15) is 4.79 Å². The molecule has 0 radical (unpaired) electrons. The van der Waals surface area contributed by atoms with Gasteiger partial charge in [0.2, 0.25) is 0 Å². The average Bonchev–Trinajstić information content (AvgIpc) is 3.46. The molecule has 5 rings (SSSR count). The van der Waals surface area contributed by atoms with Crippen LogP contribution in [-0.4, -0.2) is 60.5 Å². The number of likely N-dealkylation sites (N-methyl/N-ethyl adjacent to an activating group) is 1. The van der Waals surface area contributed by atoms with Gasteiger partial charge in [0.05, 0.1) is 11.7 Å². The first-order chi connectivity index (χ1) is 14.7. The lowest BCUT2D eigenvalue weighted by Crippen LogP contribution is -2.44. The van der Waals surface area contributed by atoms with Crippen molar-refractivity contribution in [1.29, 1.82) is 0 Å². The van der Waals surface area contributed by atoms with Crippen LogP contribution in [0.1, 0.15) is 35.1 Å². The molecule has 0 bridgehead atoms. The van der Waals surface area contributed by atoms with Crippen molar-refractivity contribution in [3.05, 3.63) is 48.4 Å². The summed E-state index contributed by atoms with van der Waals surface area (Å²) in [7, 11) is 2.15. The highest BCUT2D eigenvalue weighted by atomic mass is 16.3. The van der Waals surface area contributed by atoms with E-state index >= 15 is 0 Å². The molecule has 1 atom stereocenters. The van der Waals surface area contributed by atoms with Crippen molar-refractivity contribution in [2.75, 3.05) is 50.0 Å². The molecule has 1 amide bonds. The van der Waals surface area contributed by atoms with Crippen molar-refractivity contribution in [3.63, 3.8) is 0 Å². The molecule has 156 valence electrons. The van der Waals surface area contributed by atoms with Crippen molar-refractivity contribution in [1.82, 2.24) is 20.2 Å². The number of hydrogen-bond acceptors (Lipinski definition) is 7. The molecule has 3 aromatic rings. The van der Waals surface area contributed by atoms with E-state index in [1.165, 1.54) is 12.1 Å². The van der Waals surface area contributed by atoms with Gasteiger partial charge in [-0.2, -0.15) is 0 Å². The predicted molar refractivity (Wildman–Crippen MR) is 116 cm³/mol. The summed E-state index contributed by atoms with van der Waals surface area (Å²) in [6.07, 6.45) is 6.97. The number of nitrogens with zero attached hydrogens (tertiary/aromatic N) is 4. The molecule has 2 aliphatic rings. The summed E-state index contributed by atoms with van der Waals surface area (Å²) in [6, 6.07) is 6.11. The molecule has 2 saturated heterocycles. The van der Waals surface area contributed by atoms with Crippen molar-refractivity contribution in [3.8, 4) is 0 Å². The number of carbonyl (C=O) groups is 1. The summed E-state index contributed by atoms with van der Waals surface area (Å²) >= 11 is 0. The zero-order valence-corrected chi connectivity index (χ0v) is 17.1. The van der Waals surface area contributed by atoms with Gasteiger partial charge < -0.3 is 24.9 Å². The number of pyridine rings is 1. The number of fused-ring (bicyclic) bond motifs is 1. The van der Waals surface area contributed by atoms with Gasteiger partial charge in [-0.05, 0) is 44.6 Å². The third kappa shape index (κ3) is 3.53. The minimum absolute atomic E-state index is 0.0475. The number of piperazine rings is 1. The number of rotatable bonds is 4. The average molecular weight is 406 g/mol. The molecule has 0 aliphatic carbocycles. The van der Waals surface area contributed by atoms with Gasteiger partial charge >= 0.3 is 0 Å². The fraction of sp³-hybridized carbons (Fsp3) is 0.409. The fourth-order valence-corrected chi connectivity index (χ4v) is 4.37. The highest BCUT2D eigenvalue weighted by Gasteiger charge is 2.27. The van der Waals surface area contributed by atoms with E-state index in [0.717, 1.165) is 62.0 Å². The minimum atomic E-state index is -0.259. The van der Waals surface area contributed by atoms with Crippen LogP contribution in [0.5, 0.6) is 0 Å². The first-order valence-corrected chi connectivity index (χ1v) is 10.5. The minimum Gasteiger partial charge on any atom is -0.446 e. The smallest absolute Gasteiger partial charge is 0.277 e. The topological polar surface area (TPSA) is 86.5 Å². The Kier molecular flexibility index (Phi) is 5.10. The van der Waals surface area contributed by atoms with E-state index in [2.05, 4.69) is 43.5 Å². The number of anilines is 2. The maximum absolute atomic E-state index is 13.0. The highest BCUT2D eigenvalue weighted by molar-refractivity contribution is 6.10. The van der Waals surface area contributed by atoms with Gasteiger partial charge in [-0.3, -0.25) is 9.78 Å². The van der Waals surface area contributed by atoms with Crippen molar-refractivity contribution in [2.45, 2.75) is 18.9 Å². The van der Waals surface area contributed by atoms with Crippen molar-refractivity contribution in [2.24, 2.45) is 0 Å². The van der Waals surface area contributed by atoms with Gasteiger partial charge in [0.15, 0.2) is 17.8 Å². The van der Waals surface area contributed by atoms with Crippen LogP contribution in [0.2, 0.25) is 0 Å². The summed E-state index contributed by atoms with van der Waals surface area (Å²) < 4.78 is 5.54. The molecule has 30 heavy (non-hydrogen) atoms. The molecule has 2 fully saturated rings. The molecule has 8 heteroatoms. The first kappa shape index (κ1) is 19.0. The number of nitrogens with one attached hydrogen (secondary N) is 2. The second-order valence-corrected chi connectivity index (χ2v) is 8.01. The van der Waals surface area contributed by atoms with Crippen LogP contribution < -0.4 is 15.5 Å². The van der Waals surface area contributed by atoms with E-state index in [1.807, 2.05) is 18.3 Å². The Morgan fingerprint density at radius 2 is 2.07 bits per heavy atom. The molecule has 2 aliphatic heterocycles. The Balaban J connectivity index is 1.44. The summed E-state index contributed by atoms with van der Waals surface area (Å²) in [6.45, 7) is 4.97. The Morgan fingerprint density at radius 1 is 1.20 bits per heavy atom. The predicted octanol–water partition coefficient (Wildman–Crippen LogP) is 2.65. The van der Waals surface area contributed by atoms with Crippen LogP contribution in [-0.2, 0) is 0 Å². The van der Waals surface area contributed by atoms with Crippen LogP contribution in [0.4, 0.5) is 11.4 Å². The quantitative estimate of drug-likeness (QED) is 0.689. The number of amides is 1. The molecule has 2 aromatic heterocycles. The van der Waals surface area contributed by atoms with Crippen molar-refractivity contribution < 1.29 is 9.21 Å². The van der Waals surface area contributed by atoms with E-state index in [1.54, 1.807) is 6.20 Å². The Bertz CT molecular complexity index is 1050. The maximum Gasteiger partial charge on any atom is 0.277 e. The van der Waals surface area contributed by atoms with Gasteiger partial charge in [0.25, 0.3) is 5.91 Å². The van der Waals surface area contributed by atoms with Crippen LogP contribution in [0, 0.1) is 0 Å². The highest BCUT2D eigenvalue weighted by Crippen LogP contribution is 2.33. The SMILES string of the molecule is CN1CCN(c2ccc(NC(=O)c3ncoc3C3CCCN3)c3cnccc23)CC1. The molecule has 2 N–H and O–H groups in total. The number of benzene rings is 1. The second kappa shape index (κ2) is 8.04. The van der Waals surface area contributed by atoms with Gasteiger partial charge in [-0.15, -0.1) is 0 Å². The summed E-state index contributed by atoms with van der Waals surface area (Å²) in [4.78, 5) is 26.2. The maximum atomic E-state index is 13.0. The van der Waals surface area contributed by atoms with Gasteiger partial charge in [0.1, 0.15) is 0 Å².